The molecule has 0 fully saturated rings. The molecule has 0 aliphatic rings. The SMILES string of the molecule is Cc1cccc(Cn2cnc3c(cnn3CCNC(=O)Cn3cnc4c3c(=O)n(C)c(=O)n4C)c2=O)c1. The first-order chi connectivity index (χ1) is 17.7. The molecule has 0 aliphatic heterocycles. The van der Waals surface area contributed by atoms with Crippen LogP contribution in [0.1, 0.15) is 11.1 Å². The molecule has 190 valence electrons. The van der Waals surface area contributed by atoms with Gasteiger partial charge in [-0.2, -0.15) is 5.10 Å². The summed E-state index contributed by atoms with van der Waals surface area (Å²) >= 11 is 0. The molecular weight excluding hydrogens is 478 g/mol. The molecular formula is C24H25N9O4. The molecule has 0 bridgehead atoms. The Morgan fingerprint density at radius 2 is 1.73 bits per heavy atom. The summed E-state index contributed by atoms with van der Waals surface area (Å²) in [4.78, 5) is 58.6. The number of hydrogen-bond acceptors (Lipinski definition) is 7. The topological polar surface area (TPSA) is 144 Å². The number of rotatable bonds is 7. The first-order valence-electron chi connectivity index (χ1n) is 11.6. The van der Waals surface area contributed by atoms with Gasteiger partial charge >= 0.3 is 5.69 Å². The standard InChI is InChI=1S/C24H25N9O4/c1-15-5-4-6-16(9-15)11-32-14-26-20-17(22(32)35)10-28-33(20)8-7-25-18(34)12-31-13-27-21-19(31)23(36)30(3)24(37)29(21)2/h4-6,9-10,13-14H,7-8,11-12H2,1-3H3,(H,25,34). The van der Waals surface area contributed by atoms with Gasteiger partial charge in [-0.05, 0) is 12.5 Å². The molecule has 13 nitrogen and oxygen atoms in total. The molecule has 13 heteroatoms. The van der Waals surface area contributed by atoms with Gasteiger partial charge in [0.25, 0.3) is 11.1 Å². The first-order valence-corrected chi connectivity index (χ1v) is 11.6. The van der Waals surface area contributed by atoms with Gasteiger partial charge < -0.3 is 9.88 Å². The van der Waals surface area contributed by atoms with Crippen LogP contribution in [0.25, 0.3) is 22.2 Å². The largest absolute Gasteiger partial charge is 0.353 e. The second-order valence-electron chi connectivity index (χ2n) is 8.87. The minimum Gasteiger partial charge on any atom is -0.353 e. The van der Waals surface area contributed by atoms with Crippen LogP contribution in [0, 0.1) is 6.92 Å². The third kappa shape index (κ3) is 4.35. The number of carbonyl (C=O) groups excluding carboxylic acids is 1. The van der Waals surface area contributed by atoms with Crippen molar-refractivity contribution in [1.82, 2.24) is 43.3 Å². The summed E-state index contributed by atoms with van der Waals surface area (Å²) in [7, 11) is 2.89. The van der Waals surface area contributed by atoms with E-state index < -0.39 is 11.2 Å². The lowest BCUT2D eigenvalue weighted by Gasteiger charge is -2.09. The normalized spacial score (nSPS) is 11.4. The second kappa shape index (κ2) is 9.33. The maximum atomic E-state index is 12.9. The number of aromatic nitrogens is 8. The lowest BCUT2D eigenvalue weighted by molar-refractivity contribution is -0.121. The van der Waals surface area contributed by atoms with Crippen LogP contribution in [0.2, 0.25) is 0 Å². The fourth-order valence-corrected chi connectivity index (χ4v) is 4.31. The Balaban J connectivity index is 1.26. The van der Waals surface area contributed by atoms with Crippen LogP contribution in [0.5, 0.6) is 0 Å². The van der Waals surface area contributed by atoms with Crippen LogP contribution >= 0.6 is 0 Å². The highest BCUT2D eigenvalue weighted by atomic mass is 16.2. The van der Waals surface area contributed by atoms with Gasteiger partial charge in [-0.3, -0.25) is 28.1 Å². The highest BCUT2D eigenvalue weighted by molar-refractivity contribution is 5.79. The van der Waals surface area contributed by atoms with E-state index in [9.17, 15) is 19.2 Å². The number of amides is 1. The van der Waals surface area contributed by atoms with Gasteiger partial charge in [0.05, 0.1) is 25.6 Å². The van der Waals surface area contributed by atoms with Crippen molar-refractivity contribution < 1.29 is 4.79 Å². The van der Waals surface area contributed by atoms with E-state index in [4.69, 9.17) is 0 Å². The monoisotopic (exact) mass is 503 g/mol. The zero-order valence-corrected chi connectivity index (χ0v) is 20.6. The molecule has 0 saturated heterocycles. The van der Waals surface area contributed by atoms with Crippen molar-refractivity contribution in [3.63, 3.8) is 0 Å². The van der Waals surface area contributed by atoms with Gasteiger partial charge in [-0.1, -0.05) is 29.8 Å². The van der Waals surface area contributed by atoms with Crippen molar-refractivity contribution in [2.75, 3.05) is 6.54 Å². The predicted molar refractivity (Wildman–Crippen MR) is 135 cm³/mol. The highest BCUT2D eigenvalue weighted by Crippen LogP contribution is 2.09. The van der Waals surface area contributed by atoms with Crippen molar-refractivity contribution in [3.05, 3.63) is 85.4 Å². The Bertz CT molecular complexity index is 1840. The van der Waals surface area contributed by atoms with E-state index >= 15 is 0 Å². The number of hydrogen-bond donors (Lipinski definition) is 1. The summed E-state index contributed by atoms with van der Waals surface area (Å²) in [6, 6.07) is 7.93. The lowest BCUT2D eigenvalue weighted by atomic mass is 10.1. The van der Waals surface area contributed by atoms with Gasteiger partial charge in [-0.25, -0.2) is 19.4 Å². The highest BCUT2D eigenvalue weighted by Gasteiger charge is 2.16. The van der Waals surface area contributed by atoms with Crippen molar-refractivity contribution >= 4 is 28.1 Å². The maximum Gasteiger partial charge on any atom is 0.332 e. The Kier molecular flexibility index (Phi) is 6.03. The maximum absolute atomic E-state index is 12.9. The molecule has 1 N–H and O–H groups in total. The van der Waals surface area contributed by atoms with Crippen LogP contribution in [-0.2, 0) is 38.5 Å². The van der Waals surface area contributed by atoms with E-state index in [0.29, 0.717) is 24.1 Å². The fourth-order valence-electron chi connectivity index (χ4n) is 4.31. The molecule has 0 unspecified atom stereocenters. The van der Waals surface area contributed by atoms with E-state index in [1.807, 2.05) is 31.2 Å². The van der Waals surface area contributed by atoms with Gasteiger partial charge in [0.2, 0.25) is 5.91 Å². The smallest absolute Gasteiger partial charge is 0.332 e. The summed E-state index contributed by atoms with van der Waals surface area (Å²) in [5.41, 5.74) is 1.73. The van der Waals surface area contributed by atoms with Crippen LogP contribution < -0.4 is 22.1 Å². The summed E-state index contributed by atoms with van der Waals surface area (Å²) in [6.07, 6.45) is 4.34. The molecule has 4 aromatic heterocycles. The van der Waals surface area contributed by atoms with Crippen LogP contribution in [0.3, 0.4) is 0 Å². The van der Waals surface area contributed by atoms with E-state index in [0.717, 1.165) is 15.7 Å². The Morgan fingerprint density at radius 3 is 2.51 bits per heavy atom. The molecule has 1 aromatic carbocycles. The van der Waals surface area contributed by atoms with Crippen molar-refractivity contribution in [3.8, 4) is 0 Å². The van der Waals surface area contributed by atoms with E-state index in [1.165, 1.54) is 42.1 Å². The van der Waals surface area contributed by atoms with E-state index in [1.54, 1.807) is 9.25 Å². The second-order valence-corrected chi connectivity index (χ2v) is 8.87. The van der Waals surface area contributed by atoms with Crippen LogP contribution in [-0.4, -0.2) is 50.5 Å². The number of benzene rings is 1. The Hall–Kier alpha value is -4.81. The van der Waals surface area contributed by atoms with Gasteiger partial charge in [-0.15, -0.1) is 0 Å². The minimum absolute atomic E-state index is 0.147. The lowest BCUT2D eigenvalue weighted by Crippen LogP contribution is -2.38. The Morgan fingerprint density at radius 1 is 0.973 bits per heavy atom. The minimum atomic E-state index is -0.523. The molecule has 5 rings (SSSR count). The van der Waals surface area contributed by atoms with Gasteiger partial charge in [0, 0.05) is 20.6 Å². The molecule has 4 heterocycles. The number of aryl methyl sites for hydroxylation is 2. The van der Waals surface area contributed by atoms with Gasteiger partial charge in [0.1, 0.15) is 18.3 Å². The number of carbonyl (C=O) groups is 1. The zero-order chi connectivity index (χ0) is 26.3. The van der Waals surface area contributed by atoms with Crippen LogP contribution in [0.15, 0.2) is 57.5 Å². The summed E-state index contributed by atoms with van der Waals surface area (Å²) < 4.78 is 6.75. The van der Waals surface area contributed by atoms with Crippen molar-refractivity contribution in [1.29, 1.82) is 0 Å². The third-order valence-corrected chi connectivity index (χ3v) is 6.23. The number of nitrogens with zero attached hydrogens (tertiary/aromatic N) is 8. The van der Waals surface area contributed by atoms with Gasteiger partial charge in [0.15, 0.2) is 16.8 Å². The molecule has 0 aliphatic carbocycles. The predicted octanol–water partition coefficient (Wildman–Crippen LogP) is -0.487. The average Bonchev–Trinajstić information content (AvgIpc) is 3.48. The molecule has 37 heavy (non-hydrogen) atoms. The van der Waals surface area contributed by atoms with Crippen LogP contribution in [0.4, 0.5) is 0 Å². The summed E-state index contributed by atoms with van der Waals surface area (Å²) in [5.74, 6) is -0.347. The number of imidazole rings is 1. The molecule has 0 saturated carbocycles. The summed E-state index contributed by atoms with van der Waals surface area (Å²) in [5, 5.41) is 7.44. The Labute approximate surface area is 209 Å². The van der Waals surface area contributed by atoms with Crippen molar-refractivity contribution in [2.45, 2.75) is 26.6 Å². The average molecular weight is 504 g/mol. The zero-order valence-electron chi connectivity index (χ0n) is 20.6. The molecule has 0 atom stereocenters. The molecule has 0 radical (unpaired) electrons. The van der Waals surface area contributed by atoms with Crippen molar-refractivity contribution in [2.24, 2.45) is 14.1 Å². The number of nitrogens with one attached hydrogen (secondary N) is 1. The number of fused-ring (bicyclic) bond motifs is 2. The summed E-state index contributed by atoms with van der Waals surface area (Å²) in [6.45, 7) is 2.78. The quantitative estimate of drug-likeness (QED) is 0.316. The van der Waals surface area contributed by atoms with E-state index in [-0.39, 0.29) is 35.7 Å². The van der Waals surface area contributed by atoms with E-state index in [2.05, 4.69) is 20.4 Å². The molecule has 0 spiro atoms. The third-order valence-electron chi connectivity index (χ3n) is 6.23. The first kappa shape index (κ1) is 23.9. The molecule has 1 amide bonds. The molecule has 5 aromatic rings. The fraction of sp³-hybridized carbons (Fsp3) is 0.292.